The predicted octanol–water partition coefficient (Wildman–Crippen LogP) is -0.982. The lowest BCUT2D eigenvalue weighted by Crippen LogP contribution is -2.49. The number of aliphatic carboxylic acids is 1. The second-order valence-electron chi connectivity index (χ2n) is 8.51. The molecule has 12 nitrogen and oxygen atoms in total. The van der Waals surface area contributed by atoms with E-state index in [1.165, 1.54) is 14.7 Å². The summed E-state index contributed by atoms with van der Waals surface area (Å²) >= 11 is 0. The summed E-state index contributed by atoms with van der Waals surface area (Å²) in [5, 5.41) is 29.6. The number of nitrogens with zero attached hydrogens (tertiary/aromatic N) is 3. The Morgan fingerprint density at radius 1 is 0.833 bits per heavy atom. The lowest BCUT2D eigenvalue weighted by atomic mass is 10.2. The summed E-state index contributed by atoms with van der Waals surface area (Å²) in [6.45, 7) is 1.82. The molecule has 1 aromatic carbocycles. The molecule has 0 radical (unpaired) electrons. The highest BCUT2D eigenvalue weighted by Gasteiger charge is 2.26. The molecule has 200 valence electrons. The fraction of sp³-hybridized carbons (Fsp3) is 0.542. The monoisotopic (exact) mass is 508 g/mol. The molecule has 0 heterocycles. The van der Waals surface area contributed by atoms with E-state index < -0.39 is 36.1 Å². The van der Waals surface area contributed by atoms with E-state index in [-0.39, 0.29) is 64.8 Å². The van der Waals surface area contributed by atoms with Crippen LogP contribution >= 0.6 is 0 Å². The maximum absolute atomic E-state index is 13.1. The lowest BCUT2D eigenvalue weighted by Gasteiger charge is -2.30. The van der Waals surface area contributed by atoms with Gasteiger partial charge in [0.15, 0.2) is 0 Å². The summed E-state index contributed by atoms with van der Waals surface area (Å²) in [6, 6.07) is 8.33. The minimum absolute atomic E-state index is 0.00551. The number of aliphatic hydroxyl groups is 2. The first kappa shape index (κ1) is 30.5. The topological polar surface area (TPSA) is 168 Å². The Hall–Kier alpha value is -3.51. The number of hydrogen-bond acceptors (Lipinski definition) is 7. The molecule has 0 bridgehead atoms. The number of aliphatic hydroxyl groups excluding tert-OH is 2. The van der Waals surface area contributed by atoms with Crippen LogP contribution < -0.4 is 5.32 Å². The van der Waals surface area contributed by atoms with Crippen LogP contribution in [0.15, 0.2) is 30.3 Å². The summed E-state index contributed by atoms with van der Waals surface area (Å²) in [7, 11) is 0. The summed E-state index contributed by atoms with van der Waals surface area (Å²) in [5.74, 6) is -3.18. The Morgan fingerprint density at radius 2 is 1.39 bits per heavy atom. The summed E-state index contributed by atoms with van der Waals surface area (Å²) < 4.78 is 0. The first-order valence-corrected chi connectivity index (χ1v) is 11.7. The largest absolute Gasteiger partial charge is 0.480 e. The maximum Gasteiger partial charge on any atom is 0.322 e. The van der Waals surface area contributed by atoms with E-state index in [1.807, 2.05) is 13.8 Å². The molecule has 1 rings (SSSR count). The number of carbonyl (C=O) groups excluding carboxylic acids is 4. The van der Waals surface area contributed by atoms with Gasteiger partial charge >= 0.3 is 5.97 Å². The average Bonchev–Trinajstić information content (AvgIpc) is 2.84. The van der Waals surface area contributed by atoms with Crippen LogP contribution in [0.5, 0.6) is 0 Å². The van der Waals surface area contributed by atoms with Crippen molar-refractivity contribution in [2.24, 2.45) is 5.92 Å². The van der Waals surface area contributed by atoms with Crippen LogP contribution in [0.3, 0.4) is 0 Å². The molecular formula is C24H36N4O8. The Labute approximate surface area is 210 Å². The third-order valence-electron chi connectivity index (χ3n) is 5.04. The molecule has 0 fully saturated rings. The molecule has 0 aliphatic carbocycles. The molecule has 12 heteroatoms. The maximum atomic E-state index is 13.1. The van der Waals surface area contributed by atoms with Crippen molar-refractivity contribution in [2.45, 2.75) is 20.3 Å². The molecule has 4 amide bonds. The minimum atomic E-state index is -1.20. The highest BCUT2D eigenvalue weighted by molar-refractivity contribution is 5.97. The van der Waals surface area contributed by atoms with Gasteiger partial charge in [0.1, 0.15) is 13.1 Å². The molecule has 36 heavy (non-hydrogen) atoms. The molecular weight excluding hydrogens is 472 g/mol. The molecule has 1 aromatic rings. The fourth-order valence-electron chi connectivity index (χ4n) is 3.34. The van der Waals surface area contributed by atoms with Gasteiger partial charge in [-0.05, 0) is 18.1 Å². The van der Waals surface area contributed by atoms with E-state index in [9.17, 15) is 34.2 Å². The van der Waals surface area contributed by atoms with Crippen molar-refractivity contribution < 1.29 is 39.3 Å². The Kier molecular flexibility index (Phi) is 13.7. The zero-order chi connectivity index (χ0) is 27.1. The van der Waals surface area contributed by atoms with Crippen LogP contribution in [0.25, 0.3) is 0 Å². The van der Waals surface area contributed by atoms with Crippen molar-refractivity contribution >= 4 is 29.6 Å². The van der Waals surface area contributed by atoms with Gasteiger partial charge in [-0.1, -0.05) is 32.0 Å². The predicted molar refractivity (Wildman–Crippen MR) is 130 cm³/mol. The van der Waals surface area contributed by atoms with Crippen molar-refractivity contribution in [1.82, 2.24) is 20.0 Å². The fourth-order valence-corrected chi connectivity index (χ4v) is 3.34. The van der Waals surface area contributed by atoms with Crippen LogP contribution in [0.2, 0.25) is 0 Å². The van der Waals surface area contributed by atoms with Crippen LogP contribution in [0.4, 0.5) is 0 Å². The van der Waals surface area contributed by atoms with E-state index in [2.05, 4.69) is 5.32 Å². The number of rotatable bonds is 16. The molecule has 0 unspecified atom stereocenters. The van der Waals surface area contributed by atoms with E-state index in [1.54, 1.807) is 30.3 Å². The van der Waals surface area contributed by atoms with Gasteiger partial charge in [0.05, 0.1) is 19.8 Å². The highest BCUT2D eigenvalue weighted by atomic mass is 16.4. The van der Waals surface area contributed by atoms with Crippen LogP contribution in [-0.2, 0) is 19.2 Å². The minimum Gasteiger partial charge on any atom is -0.480 e. The van der Waals surface area contributed by atoms with Gasteiger partial charge in [-0.25, -0.2) is 0 Å². The number of nitrogens with one attached hydrogen (secondary N) is 1. The number of carboxylic acid groups (broad SMARTS) is 1. The van der Waals surface area contributed by atoms with E-state index in [4.69, 9.17) is 5.11 Å². The first-order chi connectivity index (χ1) is 17.1. The van der Waals surface area contributed by atoms with Crippen LogP contribution in [-0.4, -0.2) is 119 Å². The highest BCUT2D eigenvalue weighted by Crippen LogP contribution is 2.08. The van der Waals surface area contributed by atoms with Gasteiger partial charge in [0.2, 0.25) is 17.7 Å². The van der Waals surface area contributed by atoms with Gasteiger partial charge in [-0.2, -0.15) is 0 Å². The van der Waals surface area contributed by atoms with E-state index >= 15 is 0 Å². The van der Waals surface area contributed by atoms with Crippen LogP contribution in [0.1, 0.15) is 30.6 Å². The molecule has 0 saturated heterocycles. The van der Waals surface area contributed by atoms with Gasteiger partial charge in [-0.15, -0.1) is 0 Å². The first-order valence-electron chi connectivity index (χ1n) is 11.7. The van der Waals surface area contributed by atoms with Crippen molar-refractivity contribution in [2.75, 3.05) is 59.0 Å². The van der Waals surface area contributed by atoms with Gasteiger partial charge in [-0.3, -0.25) is 24.0 Å². The standard InChI is InChI=1S/C24H36N4O8/c1-18(2)15-28(17-21(32)26(10-12-29)9-8-20(31)25-14-23(34)35)22(33)16-27(11-13-30)24(36)19-6-4-3-5-7-19/h3-7,18,29-30H,8-17H2,1-2H3,(H,25,31)(H,34,35). The SMILES string of the molecule is CC(C)CN(CC(=O)N(CCO)CCC(=O)NCC(=O)O)C(=O)CN(CCO)C(=O)c1ccccc1. The molecule has 0 saturated carbocycles. The zero-order valence-electron chi connectivity index (χ0n) is 20.8. The Bertz CT molecular complexity index is 878. The zero-order valence-corrected chi connectivity index (χ0v) is 20.8. The van der Waals surface area contributed by atoms with Gasteiger partial charge in [0, 0.05) is 38.2 Å². The summed E-state index contributed by atoms with van der Waals surface area (Å²) in [6.07, 6.45) is -0.174. The average molecular weight is 509 g/mol. The van der Waals surface area contributed by atoms with Crippen LogP contribution in [0, 0.1) is 5.92 Å². The van der Waals surface area contributed by atoms with Crippen molar-refractivity contribution in [3.8, 4) is 0 Å². The molecule has 0 aliphatic rings. The number of benzene rings is 1. The number of carboxylic acids is 1. The van der Waals surface area contributed by atoms with E-state index in [0.29, 0.717) is 5.56 Å². The molecule has 0 aromatic heterocycles. The summed E-state index contributed by atoms with van der Waals surface area (Å²) in [5.41, 5.74) is 0.362. The normalized spacial score (nSPS) is 10.6. The van der Waals surface area contributed by atoms with Gasteiger partial charge in [0.25, 0.3) is 5.91 Å². The number of hydrogen-bond donors (Lipinski definition) is 4. The molecule has 0 aliphatic heterocycles. The van der Waals surface area contributed by atoms with Crippen molar-refractivity contribution in [3.63, 3.8) is 0 Å². The number of amides is 4. The quantitative estimate of drug-likeness (QED) is 0.221. The molecule has 4 N–H and O–H groups in total. The summed E-state index contributed by atoms with van der Waals surface area (Å²) in [4.78, 5) is 65.1. The smallest absolute Gasteiger partial charge is 0.322 e. The number of carbonyl (C=O) groups is 5. The van der Waals surface area contributed by atoms with E-state index in [0.717, 1.165) is 0 Å². The van der Waals surface area contributed by atoms with Gasteiger partial charge < -0.3 is 35.3 Å². The lowest BCUT2D eigenvalue weighted by molar-refractivity contribution is -0.142. The Morgan fingerprint density at radius 3 is 1.94 bits per heavy atom. The molecule has 0 atom stereocenters. The van der Waals surface area contributed by atoms with Crippen molar-refractivity contribution in [3.05, 3.63) is 35.9 Å². The third-order valence-corrected chi connectivity index (χ3v) is 5.04. The second kappa shape index (κ2) is 16.2. The molecule has 0 spiro atoms. The Balaban J connectivity index is 2.90. The second-order valence-corrected chi connectivity index (χ2v) is 8.51. The third kappa shape index (κ3) is 11.3. The van der Waals surface area contributed by atoms with Crippen molar-refractivity contribution in [1.29, 1.82) is 0 Å².